The molecule has 0 aromatic heterocycles. The van der Waals surface area contributed by atoms with Gasteiger partial charge in [0.05, 0.1) is 6.10 Å². The third kappa shape index (κ3) is 3.39. The summed E-state index contributed by atoms with van der Waals surface area (Å²) in [5, 5.41) is 7.79. The molecule has 5 aliphatic rings. The van der Waals surface area contributed by atoms with Crippen LogP contribution in [-0.2, 0) is 11.3 Å². The molecule has 5 heteroatoms. The van der Waals surface area contributed by atoms with Crippen molar-refractivity contribution in [1.82, 2.24) is 15.5 Å². The van der Waals surface area contributed by atoms with Gasteiger partial charge in [0.25, 0.3) is 0 Å². The van der Waals surface area contributed by atoms with E-state index in [-0.39, 0.29) is 0 Å². The van der Waals surface area contributed by atoms with Crippen molar-refractivity contribution in [2.75, 3.05) is 13.2 Å². The molecule has 0 radical (unpaired) electrons. The molecule has 6 rings (SSSR count). The molecule has 3 heterocycles. The van der Waals surface area contributed by atoms with E-state index >= 15 is 0 Å². The molecule has 1 aromatic carbocycles. The van der Waals surface area contributed by atoms with E-state index in [4.69, 9.17) is 9.73 Å². The van der Waals surface area contributed by atoms with Crippen molar-refractivity contribution in [3.63, 3.8) is 0 Å². The van der Waals surface area contributed by atoms with Gasteiger partial charge in [-0.05, 0) is 57.4 Å². The third-order valence-corrected chi connectivity index (χ3v) is 9.08. The Balaban J connectivity index is 1.10. The van der Waals surface area contributed by atoms with Crippen molar-refractivity contribution in [3.05, 3.63) is 35.9 Å². The Kier molecular flexibility index (Phi) is 5.22. The van der Waals surface area contributed by atoms with Crippen LogP contribution in [-0.4, -0.2) is 54.3 Å². The van der Waals surface area contributed by atoms with Crippen molar-refractivity contribution in [2.45, 2.75) is 95.1 Å². The smallest absolute Gasteiger partial charge is 0.191 e. The predicted molar refractivity (Wildman–Crippen MR) is 124 cm³/mol. The van der Waals surface area contributed by atoms with Gasteiger partial charge >= 0.3 is 0 Å². The average molecular weight is 423 g/mol. The zero-order valence-corrected chi connectivity index (χ0v) is 18.9. The topological polar surface area (TPSA) is 48.9 Å². The highest BCUT2D eigenvalue weighted by Gasteiger charge is 2.66. The second kappa shape index (κ2) is 8.08. The van der Waals surface area contributed by atoms with Gasteiger partial charge in [0, 0.05) is 55.2 Å². The van der Waals surface area contributed by atoms with Crippen LogP contribution in [0.3, 0.4) is 0 Å². The molecule has 5 atom stereocenters. The van der Waals surface area contributed by atoms with Crippen LogP contribution in [0.15, 0.2) is 35.3 Å². The highest BCUT2D eigenvalue weighted by atomic mass is 16.5. The fraction of sp³-hybridized carbons (Fsp3) is 0.731. The zero-order chi connectivity index (χ0) is 20.8. The van der Waals surface area contributed by atoms with E-state index in [0.717, 1.165) is 25.7 Å². The number of nitrogens with one attached hydrogen (secondary N) is 2. The predicted octanol–water partition coefficient (Wildman–Crippen LogP) is 3.69. The molecular formula is C26H38N4O. The first-order valence-corrected chi connectivity index (χ1v) is 12.8. The van der Waals surface area contributed by atoms with E-state index in [0.29, 0.717) is 41.6 Å². The fourth-order valence-corrected chi connectivity index (χ4v) is 7.53. The van der Waals surface area contributed by atoms with E-state index in [1.165, 1.54) is 56.9 Å². The highest BCUT2D eigenvalue weighted by Crippen LogP contribution is 2.62. The summed E-state index contributed by atoms with van der Waals surface area (Å²) < 4.78 is 6.12. The van der Waals surface area contributed by atoms with Gasteiger partial charge < -0.3 is 15.4 Å². The summed E-state index contributed by atoms with van der Waals surface area (Å²) in [5.41, 5.74) is 1.85. The molecule has 3 aliphatic heterocycles. The Labute approximate surface area is 187 Å². The lowest BCUT2D eigenvalue weighted by Crippen LogP contribution is -2.73. The van der Waals surface area contributed by atoms with Crippen LogP contribution in [0, 0.1) is 11.3 Å². The third-order valence-electron chi connectivity index (χ3n) is 9.08. The molecule has 1 aromatic rings. The molecule has 3 saturated heterocycles. The maximum atomic E-state index is 6.12. The van der Waals surface area contributed by atoms with Crippen LogP contribution in [0.1, 0.15) is 63.9 Å². The van der Waals surface area contributed by atoms with Crippen molar-refractivity contribution < 1.29 is 4.74 Å². The molecule has 5 nitrogen and oxygen atoms in total. The van der Waals surface area contributed by atoms with Crippen molar-refractivity contribution in [1.29, 1.82) is 0 Å². The van der Waals surface area contributed by atoms with Crippen LogP contribution in [0.5, 0.6) is 0 Å². The number of rotatable bonds is 5. The number of fused-ring (bicyclic) bond motifs is 4. The van der Waals surface area contributed by atoms with Gasteiger partial charge in [-0.15, -0.1) is 0 Å². The normalized spacial score (nSPS) is 38.4. The molecule has 168 valence electrons. The lowest BCUT2D eigenvalue weighted by Gasteiger charge is -2.63. The van der Waals surface area contributed by atoms with E-state index < -0.39 is 0 Å². The number of benzene rings is 1. The van der Waals surface area contributed by atoms with Crippen LogP contribution in [0.2, 0.25) is 0 Å². The zero-order valence-electron chi connectivity index (χ0n) is 18.9. The molecular weight excluding hydrogens is 384 g/mol. The Morgan fingerprint density at radius 1 is 1.10 bits per heavy atom. The molecule has 2 bridgehead atoms. The molecule has 2 saturated carbocycles. The monoisotopic (exact) mass is 422 g/mol. The van der Waals surface area contributed by atoms with Gasteiger partial charge in [0.2, 0.25) is 0 Å². The number of hydrogen-bond donors (Lipinski definition) is 2. The van der Waals surface area contributed by atoms with Crippen LogP contribution >= 0.6 is 0 Å². The maximum Gasteiger partial charge on any atom is 0.191 e. The summed E-state index contributed by atoms with van der Waals surface area (Å²) in [6.07, 6.45) is 10.9. The molecule has 5 fully saturated rings. The van der Waals surface area contributed by atoms with Gasteiger partial charge in [0.1, 0.15) is 0 Å². The van der Waals surface area contributed by atoms with Gasteiger partial charge in [-0.3, -0.25) is 9.89 Å². The quantitative estimate of drug-likeness (QED) is 0.561. The van der Waals surface area contributed by atoms with Gasteiger partial charge in [-0.2, -0.15) is 0 Å². The van der Waals surface area contributed by atoms with Crippen molar-refractivity contribution >= 4 is 5.96 Å². The molecule has 2 N–H and O–H groups in total. The Bertz CT molecular complexity index is 793. The van der Waals surface area contributed by atoms with E-state index in [1.54, 1.807) is 0 Å². The number of aliphatic imine (C=N–C) groups is 1. The Morgan fingerprint density at radius 2 is 1.87 bits per heavy atom. The number of piperidine rings is 1. The maximum absolute atomic E-state index is 6.12. The minimum Gasteiger partial charge on any atom is -0.377 e. The second-order valence-corrected chi connectivity index (χ2v) is 10.6. The SMILES string of the molecule is CCN=C(NC1CC2CCC(C1)N2Cc1ccccc1)NC1C2CCOC2C12CCC2. The highest BCUT2D eigenvalue weighted by molar-refractivity contribution is 5.81. The van der Waals surface area contributed by atoms with Crippen LogP contribution in [0.4, 0.5) is 0 Å². The van der Waals surface area contributed by atoms with Crippen molar-refractivity contribution in [2.24, 2.45) is 16.3 Å². The fourth-order valence-electron chi connectivity index (χ4n) is 7.53. The largest absolute Gasteiger partial charge is 0.377 e. The van der Waals surface area contributed by atoms with E-state index in [2.05, 4.69) is 52.8 Å². The number of guanidine groups is 1. The standard InChI is InChI=1S/C26H38N4O/c1-2-27-25(29-23-22-11-14-31-24(22)26(23)12-6-13-26)28-19-15-20-9-10-21(16-19)30(20)17-18-7-4-3-5-8-18/h3-5,7-8,19-24H,2,6,9-17H2,1H3,(H2,27,28,29). The molecule has 31 heavy (non-hydrogen) atoms. The van der Waals surface area contributed by atoms with Crippen molar-refractivity contribution in [3.8, 4) is 0 Å². The summed E-state index contributed by atoms with van der Waals surface area (Å²) >= 11 is 0. The number of ether oxygens (including phenoxy) is 1. The van der Waals surface area contributed by atoms with Crippen LogP contribution < -0.4 is 10.6 Å². The summed E-state index contributed by atoms with van der Waals surface area (Å²) in [7, 11) is 0. The number of hydrogen-bond acceptors (Lipinski definition) is 3. The minimum atomic E-state index is 0.398. The molecule has 5 unspecified atom stereocenters. The Hall–Kier alpha value is -1.59. The van der Waals surface area contributed by atoms with Gasteiger partial charge in [-0.25, -0.2) is 0 Å². The molecule has 0 amide bonds. The van der Waals surface area contributed by atoms with Gasteiger partial charge in [0.15, 0.2) is 5.96 Å². The second-order valence-electron chi connectivity index (χ2n) is 10.6. The van der Waals surface area contributed by atoms with Crippen LogP contribution in [0.25, 0.3) is 0 Å². The summed E-state index contributed by atoms with van der Waals surface area (Å²) in [5.74, 6) is 1.75. The number of nitrogens with zero attached hydrogens (tertiary/aromatic N) is 2. The lowest BCUT2D eigenvalue weighted by atomic mass is 9.46. The molecule has 1 spiro atoms. The first kappa shape index (κ1) is 20.0. The lowest BCUT2D eigenvalue weighted by molar-refractivity contribution is -0.171. The van der Waals surface area contributed by atoms with E-state index in [9.17, 15) is 0 Å². The minimum absolute atomic E-state index is 0.398. The first-order valence-electron chi connectivity index (χ1n) is 12.8. The van der Waals surface area contributed by atoms with Gasteiger partial charge in [-0.1, -0.05) is 36.8 Å². The summed E-state index contributed by atoms with van der Waals surface area (Å²) in [6.45, 7) is 5.03. The molecule has 2 aliphatic carbocycles. The summed E-state index contributed by atoms with van der Waals surface area (Å²) in [4.78, 5) is 7.65. The first-order chi connectivity index (χ1) is 15.3. The van der Waals surface area contributed by atoms with E-state index in [1.807, 2.05) is 0 Å². The average Bonchev–Trinajstić information content (AvgIpc) is 3.25. The summed E-state index contributed by atoms with van der Waals surface area (Å²) in [6, 6.07) is 13.5. The Morgan fingerprint density at radius 3 is 2.55 bits per heavy atom.